The molecule has 3 aromatic rings. The highest BCUT2D eigenvalue weighted by Gasteiger charge is 2.31. The van der Waals surface area contributed by atoms with Gasteiger partial charge >= 0.3 is 5.97 Å². The lowest BCUT2D eigenvalue weighted by Gasteiger charge is -2.43. The molecule has 1 fully saturated rings. The van der Waals surface area contributed by atoms with Crippen molar-refractivity contribution in [2.75, 3.05) is 26.2 Å². The summed E-state index contributed by atoms with van der Waals surface area (Å²) < 4.78 is 0. The normalized spacial score (nSPS) is 17.8. The van der Waals surface area contributed by atoms with Crippen molar-refractivity contribution in [1.82, 2.24) is 14.8 Å². The molecule has 0 amide bonds. The zero-order valence-electron chi connectivity index (χ0n) is 18.2. The lowest BCUT2D eigenvalue weighted by Crippen LogP contribution is -2.54. The van der Waals surface area contributed by atoms with Crippen molar-refractivity contribution >= 4 is 5.97 Å². The van der Waals surface area contributed by atoms with Gasteiger partial charge in [0.2, 0.25) is 0 Å². The number of aliphatic carboxylic acids is 1. The minimum absolute atomic E-state index is 0.0884. The van der Waals surface area contributed by atoms with Gasteiger partial charge in [-0.2, -0.15) is 0 Å². The lowest BCUT2D eigenvalue weighted by molar-refractivity contribution is -0.139. The molecule has 2 heterocycles. The van der Waals surface area contributed by atoms with Crippen LogP contribution in [0.4, 0.5) is 0 Å². The first-order chi connectivity index (χ1) is 15.6. The Balaban J connectivity index is 1.62. The van der Waals surface area contributed by atoms with E-state index in [-0.39, 0.29) is 18.6 Å². The van der Waals surface area contributed by atoms with Crippen LogP contribution in [0.15, 0.2) is 79.1 Å². The molecule has 5 heteroatoms. The van der Waals surface area contributed by atoms with E-state index in [1.165, 1.54) is 11.1 Å². The van der Waals surface area contributed by atoms with E-state index in [9.17, 15) is 9.90 Å². The molecule has 2 aromatic carbocycles. The summed E-state index contributed by atoms with van der Waals surface area (Å²) in [4.78, 5) is 19.7. The van der Waals surface area contributed by atoms with E-state index in [1.54, 1.807) is 12.4 Å². The molecule has 1 aliphatic heterocycles. The number of hydrogen-bond donors (Lipinski definition) is 1. The van der Waals surface area contributed by atoms with Crippen molar-refractivity contribution in [1.29, 1.82) is 0 Å². The second kappa shape index (κ2) is 10.2. The highest BCUT2D eigenvalue weighted by atomic mass is 16.4. The molecule has 0 radical (unpaired) electrons. The molecule has 1 N–H and O–H groups in total. The molecule has 1 saturated heterocycles. The Hall–Kier alpha value is -3.46. The van der Waals surface area contributed by atoms with E-state index in [2.05, 4.69) is 71.1 Å². The van der Waals surface area contributed by atoms with E-state index < -0.39 is 5.97 Å². The van der Waals surface area contributed by atoms with Gasteiger partial charge in [0.05, 0.1) is 12.6 Å². The van der Waals surface area contributed by atoms with Gasteiger partial charge in [-0.25, -0.2) is 0 Å². The van der Waals surface area contributed by atoms with Crippen molar-refractivity contribution in [2.24, 2.45) is 0 Å². The second-order valence-corrected chi connectivity index (χ2v) is 8.13. The monoisotopic (exact) mass is 425 g/mol. The summed E-state index contributed by atoms with van der Waals surface area (Å²) in [5, 5.41) is 9.21. The maximum Gasteiger partial charge on any atom is 0.317 e. The first kappa shape index (κ1) is 21.8. The fourth-order valence-corrected chi connectivity index (χ4v) is 4.28. The lowest BCUT2D eigenvalue weighted by atomic mass is 9.94. The first-order valence-corrected chi connectivity index (χ1v) is 10.9. The van der Waals surface area contributed by atoms with Gasteiger partial charge in [-0.1, -0.05) is 54.3 Å². The summed E-state index contributed by atoms with van der Waals surface area (Å²) >= 11 is 0. The topological polar surface area (TPSA) is 56.7 Å². The Labute approximate surface area is 189 Å². The van der Waals surface area contributed by atoms with Crippen molar-refractivity contribution in [3.8, 4) is 11.8 Å². The van der Waals surface area contributed by atoms with Crippen LogP contribution >= 0.6 is 0 Å². The molecule has 0 saturated carbocycles. The molecular weight excluding hydrogens is 398 g/mol. The zero-order valence-corrected chi connectivity index (χ0v) is 18.2. The summed E-state index contributed by atoms with van der Waals surface area (Å²) in [6.45, 7) is 4.54. The Morgan fingerprint density at radius 2 is 1.72 bits per heavy atom. The number of piperazine rings is 1. The maximum atomic E-state index is 11.2. The fourth-order valence-electron chi connectivity index (χ4n) is 4.28. The Morgan fingerprint density at radius 3 is 2.44 bits per heavy atom. The molecule has 0 spiro atoms. The van der Waals surface area contributed by atoms with Crippen LogP contribution in [0.3, 0.4) is 0 Å². The molecule has 0 aliphatic carbocycles. The SMILES string of the molecule is C[C@@H]1CN([C@H](c2ccccc2)c2cccc(C#Cc3ccncc3)c2)CCN1CC(=O)O. The number of carboxylic acid groups (broad SMARTS) is 1. The van der Waals surface area contributed by atoms with E-state index in [0.717, 1.165) is 30.8 Å². The van der Waals surface area contributed by atoms with Gasteiger partial charge in [0, 0.05) is 49.2 Å². The van der Waals surface area contributed by atoms with Gasteiger partial charge in [0.15, 0.2) is 0 Å². The largest absolute Gasteiger partial charge is 0.480 e. The van der Waals surface area contributed by atoms with Gasteiger partial charge in [0.1, 0.15) is 0 Å². The maximum absolute atomic E-state index is 11.2. The predicted molar refractivity (Wildman–Crippen MR) is 125 cm³/mol. The molecule has 0 bridgehead atoms. The summed E-state index contributed by atoms with van der Waals surface area (Å²) in [5.41, 5.74) is 4.33. The molecule has 1 aliphatic rings. The molecule has 5 nitrogen and oxygen atoms in total. The minimum Gasteiger partial charge on any atom is -0.480 e. The van der Waals surface area contributed by atoms with Gasteiger partial charge < -0.3 is 5.11 Å². The average Bonchev–Trinajstić information content (AvgIpc) is 2.81. The van der Waals surface area contributed by atoms with E-state index in [4.69, 9.17) is 0 Å². The van der Waals surface area contributed by atoms with E-state index >= 15 is 0 Å². The number of rotatable bonds is 5. The van der Waals surface area contributed by atoms with Gasteiger partial charge in [-0.3, -0.25) is 19.6 Å². The second-order valence-electron chi connectivity index (χ2n) is 8.13. The van der Waals surface area contributed by atoms with Crippen LogP contribution < -0.4 is 0 Å². The number of benzene rings is 2. The van der Waals surface area contributed by atoms with Crippen molar-refractivity contribution in [3.05, 3.63) is 101 Å². The van der Waals surface area contributed by atoms with Gasteiger partial charge in [0.25, 0.3) is 0 Å². The van der Waals surface area contributed by atoms with Crippen LogP contribution in [0.25, 0.3) is 0 Å². The molecule has 32 heavy (non-hydrogen) atoms. The van der Waals surface area contributed by atoms with Crippen LogP contribution in [-0.2, 0) is 4.79 Å². The highest BCUT2D eigenvalue weighted by molar-refractivity contribution is 5.69. The summed E-state index contributed by atoms with van der Waals surface area (Å²) in [7, 11) is 0. The van der Waals surface area contributed by atoms with Gasteiger partial charge in [-0.15, -0.1) is 0 Å². The molecule has 1 aromatic heterocycles. The molecule has 162 valence electrons. The predicted octanol–water partition coefficient (Wildman–Crippen LogP) is 3.66. The standard InChI is InChI=1S/C27H27N3O2/c1-21-19-30(17-16-29(21)20-26(31)32)27(24-7-3-2-4-8-24)25-9-5-6-23(18-25)11-10-22-12-14-28-15-13-22/h2-9,12-15,18,21,27H,16-17,19-20H2,1H3,(H,31,32)/t21-,27-/m1/s1. The van der Waals surface area contributed by atoms with E-state index in [1.807, 2.05) is 29.2 Å². The zero-order chi connectivity index (χ0) is 22.3. The minimum atomic E-state index is -0.773. The van der Waals surface area contributed by atoms with Crippen molar-refractivity contribution in [2.45, 2.75) is 19.0 Å². The van der Waals surface area contributed by atoms with Crippen LogP contribution in [-0.4, -0.2) is 58.1 Å². The average molecular weight is 426 g/mol. The fraction of sp³-hybridized carbons (Fsp3) is 0.259. The third-order valence-corrected chi connectivity index (χ3v) is 5.85. The number of pyridine rings is 1. The Bertz CT molecular complexity index is 1110. The number of carbonyl (C=O) groups is 1. The smallest absolute Gasteiger partial charge is 0.317 e. The Kier molecular flexibility index (Phi) is 6.96. The van der Waals surface area contributed by atoms with E-state index in [0.29, 0.717) is 0 Å². The third kappa shape index (κ3) is 5.42. The highest BCUT2D eigenvalue weighted by Crippen LogP contribution is 2.31. The van der Waals surface area contributed by atoms with Crippen molar-refractivity contribution in [3.63, 3.8) is 0 Å². The molecule has 0 unspecified atom stereocenters. The van der Waals surface area contributed by atoms with Crippen LogP contribution in [0.5, 0.6) is 0 Å². The summed E-state index contributed by atoms with van der Waals surface area (Å²) in [6.07, 6.45) is 3.49. The summed E-state index contributed by atoms with van der Waals surface area (Å²) in [5.74, 6) is 5.72. The molecule has 2 atom stereocenters. The third-order valence-electron chi connectivity index (χ3n) is 5.85. The summed E-state index contributed by atoms with van der Waals surface area (Å²) in [6, 6.07) is 23.0. The number of aromatic nitrogens is 1. The molecular formula is C27H27N3O2. The van der Waals surface area contributed by atoms with Crippen LogP contribution in [0.1, 0.15) is 35.2 Å². The van der Waals surface area contributed by atoms with Crippen molar-refractivity contribution < 1.29 is 9.90 Å². The molecule has 4 rings (SSSR count). The number of hydrogen-bond acceptors (Lipinski definition) is 4. The number of carboxylic acids is 1. The van der Waals surface area contributed by atoms with Crippen LogP contribution in [0.2, 0.25) is 0 Å². The van der Waals surface area contributed by atoms with Gasteiger partial charge in [-0.05, 0) is 42.3 Å². The number of nitrogens with zero attached hydrogens (tertiary/aromatic N) is 3. The first-order valence-electron chi connectivity index (χ1n) is 10.9. The Morgan fingerprint density at radius 1 is 1.00 bits per heavy atom. The quantitative estimate of drug-likeness (QED) is 0.633. The van der Waals surface area contributed by atoms with Crippen LogP contribution in [0, 0.1) is 11.8 Å².